The Kier molecular flexibility index (Phi) is 5.75. The average Bonchev–Trinajstić information content (AvgIpc) is 2.18. The topological polar surface area (TPSA) is 15.3 Å². The first-order chi connectivity index (χ1) is 6.72. The molecule has 0 aromatic rings. The zero-order chi connectivity index (χ0) is 10.4. The van der Waals surface area contributed by atoms with Crippen molar-refractivity contribution in [1.82, 2.24) is 10.2 Å². The van der Waals surface area contributed by atoms with Gasteiger partial charge in [0.05, 0.1) is 0 Å². The minimum atomic E-state index is 0.865. The second-order valence-electron chi connectivity index (χ2n) is 4.03. The SMILES string of the molecule is C=C(Br)CNCC1CCN(CC)CC1. The van der Waals surface area contributed by atoms with Crippen molar-refractivity contribution in [2.45, 2.75) is 19.8 Å². The first-order valence-corrected chi connectivity index (χ1v) is 6.28. The zero-order valence-corrected chi connectivity index (χ0v) is 10.6. The van der Waals surface area contributed by atoms with Gasteiger partial charge in [0.25, 0.3) is 0 Å². The Morgan fingerprint density at radius 1 is 1.50 bits per heavy atom. The van der Waals surface area contributed by atoms with Crippen LogP contribution in [0, 0.1) is 5.92 Å². The van der Waals surface area contributed by atoms with Crippen molar-refractivity contribution in [3.63, 3.8) is 0 Å². The summed E-state index contributed by atoms with van der Waals surface area (Å²) in [6.45, 7) is 11.8. The molecule has 3 heteroatoms. The van der Waals surface area contributed by atoms with Crippen molar-refractivity contribution in [2.75, 3.05) is 32.7 Å². The molecule has 1 aliphatic heterocycles. The molecule has 0 unspecified atom stereocenters. The molecule has 14 heavy (non-hydrogen) atoms. The lowest BCUT2D eigenvalue weighted by atomic mass is 9.97. The summed E-state index contributed by atoms with van der Waals surface area (Å²) in [5.41, 5.74) is 0. The third kappa shape index (κ3) is 4.58. The predicted molar refractivity (Wildman–Crippen MR) is 65.8 cm³/mol. The highest BCUT2D eigenvalue weighted by atomic mass is 79.9. The van der Waals surface area contributed by atoms with Gasteiger partial charge in [0.2, 0.25) is 0 Å². The Labute approximate surface area is 95.9 Å². The third-order valence-corrected chi connectivity index (χ3v) is 3.18. The van der Waals surface area contributed by atoms with Crippen LogP contribution < -0.4 is 5.32 Å². The highest BCUT2D eigenvalue weighted by Gasteiger charge is 2.17. The lowest BCUT2D eigenvalue weighted by Crippen LogP contribution is -2.37. The second kappa shape index (κ2) is 6.59. The molecular weight excluding hydrogens is 240 g/mol. The highest BCUT2D eigenvalue weighted by molar-refractivity contribution is 9.11. The normalized spacial score (nSPS) is 19.9. The van der Waals surface area contributed by atoms with E-state index in [1.165, 1.54) is 32.5 Å². The van der Waals surface area contributed by atoms with E-state index in [1.807, 2.05) is 0 Å². The molecule has 2 nitrogen and oxygen atoms in total. The van der Waals surface area contributed by atoms with Gasteiger partial charge < -0.3 is 10.2 Å². The Bertz CT molecular complexity index is 174. The van der Waals surface area contributed by atoms with E-state index in [-0.39, 0.29) is 0 Å². The van der Waals surface area contributed by atoms with Crippen LogP contribution in [0.5, 0.6) is 0 Å². The average molecular weight is 261 g/mol. The second-order valence-corrected chi connectivity index (χ2v) is 5.15. The van der Waals surface area contributed by atoms with Crippen LogP contribution in [0.3, 0.4) is 0 Å². The molecule has 1 aliphatic rings. The van der Waals surface area contributed by atoms with E-state index in [0.29, 0.717) is 0 Å². The summed E-state index contributed by atoms with van der Waals surface area (Å²) in [4.78, 5) is 2.53. The fourth-order valence-electron chi connectivity index (χ4n) is 1.92. The molecule has 0 radical (unpaired) electrons. The van der Waals surface area contributed by atoms with E-state index in [2.05, 4.69) is 39.6 Å². The summed E-state index contributed by atoms with van der Waals surface area (Å²) < 4.78 is 1.04. The van der Waals surface area contributed by atoms with Crippen LogP contribution in [0.4, 0.5) is 0 Å². The molecule has 0 aromatic carbocycles. The van der Waals surface area contributed by atoms with Gasteiger partial charge in [-0.3, -0.25) is 0 Å². The number of nitrogens with zero attached hydrogens (tertiary/aromatic N) is 1. The molecule has 1 heterocycles. The van der Waals surface area contributed by atoms with E-state index in [4.69, 9.17) is 0 Å². The van der Waals surface area contributed by atoms with Crippen molar-refractivity contribution in [2.24, 2.45) is 5.92 Å². The van der Waals surface area contributed by atoms with Crippen LogP contribution in [0.15, 0.2) is 11.1 Å². The number of halogens is 1. The van der Waals surface area contributed by atoms with Gasteiger partial charge in [-0.15, -0.1) is 0 Å². The van der Waals surface area contributed by atoms with Gasteiger partial charge in [-0.2, -0.15) is 0 Å². The van der Waals surface area contributed by atoms with Crippen LogP contribution in [0.2, 0.25) is 0 Å². The minimum absolute atomic E-state index is 0.865. The van der Waals surface area contributed by atoms with Gasteiger partial charge >= 0.3 is 0 Å². The van der Waals surface area contributed by atoms with Crippen LogP contribution in [-0.4, -0.2) is 37.6 Å². The lowest BCUT2D eigenvalue weighted by Gasteiger charge is -2.31. The first-order valence-electron chi connectivity index (χ1n) is 5.48. The van der Waals surface area contributed by atoms with Gasteiger partial charge in [0, 0.05) is 11.0 Å². The highest BCUT2D eigenvalue weighted by Crippen LogP contribution is 2.15. The fourth-order valence-corrected chi connectivity index (χ4v) is 2.12. The van der Waals surface area contributed by atoms with Crippen LogP contribution in [0.1, 0.15) is 19.8 Å². The molecule has 0 saturated carbocycles. The summed E-state index contributed by atoms with van der Waals surface area (Å²) in [5, 5.41) is 3.42. The van der Waals surface area contributed by atoms with Crippen LogP contribution in [0.25, 0.3) is 0 Å². The van der Waals surface area contributed by atoms with Gasteiger partial charge in [0.15, 0.2) is 0 Å². The van der Waals surface area contributed by atoms with Crippen LogP contribution >= 0.6 is 15.9 Å². The molecule has 1 N–H and O–H groups in total. The first kappa shape index (κ1) is 12.2. The van der Waals surface area contributed by atoms with E-state index >= 15 is 0 Å². The third-order valence-electron chi connectivity index (χ3n) is 2.90. The predicted octanol–water partition coefficient (Wildman–Crippen LogP) is 2.22. The molecule has 0 aliphatic carbocycles. The largest absolute Gasteiger partial charge is 0.312 e. The van der Waals surface area contributed by atoms with Crippen molar-refractivity contribution in [1.29, 1.82) is 0 Å². The number of nitrogens with one attached hydrogen (secondary N) is 1. The smallest absolute Gasteiger partial charge is 0.0265 e. The number of hydrogen-bond donors (Lipinski definition) is 1. The molecule has 0 bridgehead atoms. The number of rotatable bonds is 5. The maximum Gasteiger partial charge on any atom is 0.0265 e. The summed E-state index contributed by atoms with van der Waals surface area (Å²) in [7, 11) is 0. The van der Waals surface area contributed by atoms with Crippen molar-refractivity contribution in [3.8, 4) is 0 Å². The maximum atomic E-state index is 3.81. The van der Waals surface area contributed by atoms with Crippen molar-refractivity contribution in [3.05, 3.63) is 11.1 Å². The van der Waals surface area contributed by atoms with Gasteiger partial charge in [-0.05, 0) is 44.9 Å². The standard InChI is InChI=1S/C11H21BrN2/c1-3-14-6-4-11(5-7-14)9-13-8-10(2)12/h11,13H,2-9H2,1H3. The molecule has 0 spiro atoms. The Morgan fingerprint density at radius 2 is 2.14 bits per heavy atom. The van der Waals surface area contributed by atoms with E-state index in [1.54, 1.807) is 0 Å². The van der Waals surface area contributed by atoms with Crippen molar-refractivity contribution < 1.29 is 0 Å². The number of piperidine rings is 1. The monoisotopic (exact) mass is 260 g/mol. The molecule has 0 atom stereocenters. The van der Waals surface area contributed by atoms with Crippen molar-refractivity contribution >= 4 is 15.9 Å². The summed E-state index contributed by atoms with van der Waals surface area (Å²) >= 11 is 3.35. The number of likely N-dealkylation sites (tertiary alicyclic amines) is 1. The van der Waals surface area contributed by atoms with E-state index in [9.17, 15) is 0 Å². The molecule has 1 fully saturated rings. The Morgan fingerprint density at radius 3 is 2.64 bits per heavy atom. The Hall–Kier alpha value is 0.140. The molecule has 1 saturated heterocycles. The quantitative estimate of drug-likeness (QED) is 0.816. The van der Waals surface area contributed by atoms with Crippen LogP contribution in [-0.2, 0) is 0 Å². The van der Waals surface area contributed by atoms with Gasteiger partial charge in [-0.25, -0.2) is 0 Å². The molecule has 82 valence electrons. The molecular formula is C11H21BrN2. The summed E-state index contributed by atoms with van der Waals surface area (Å²) in [6.07, 6.45) is 2.69. The Balaban J connectivity index is 2.07. The summed E-state index contributed by atoms with van der Waals surface area (Å²) in [6, 6.07) is 0. The molecule has 0 amide bonds. The van der Waals surface area contributed by atoms with E-state index < -0.39 is 0 Å². The zero-order valence-electron chi connectivity index (χ0n) is 9.06. The van der Waals surface area contributed by atoms with E-state index in [0.717, 1.165) is 23.5 Å². The minimum Gasteiger partial charge on any atom is -0.312 e. The lowest BCUT2D eigenvalue weighted by molar-refractivity contribution is 0.191. The molecule has 1 rings (SSSR count). The fraction of sp³-hybridized carbons (Fsp3) is 0.818. The molecule has 0 aromatic heterocycles. The maximum absolute atomic E-state index is 3.81. The van der Waals surface area contributed by atoms with Gasteiger partial charge in [0.1, 0.15) is 0 Å². The summed E-state index contributed by atoms with van der Waals surface area (Å²) in [5.74, 6) is 0.865. The number of hydrogen-bond acceptors (Lipinski definition) is 2. The van der Waals surface area contributed by atoms with Gasteiger partial charge in [-0.1, -0.05) is 29.4 Å².